The molecule has 0 atom stereocenters. The molecule has 1 N–H and O–H groups in total. The summed E-state index contributed by atoms with van der Waals surface area (Å²) in [6, 6.07) is 4.68. The van der Waals surface area contributed by atoms with E-state index >= 15 is 0 Å². The van der Waals surface area contributed by atoms with E-state index < -0.39 is 5.54 Å². The topological polar surface area (TPSA) is 96.7 Å². The van der Waals surface area contributed by atoms with E-state index in [-0.39, 0.29) is 11.5 Å². The molecule has 1 amide bonds. The van der Waals surface area contributed by atoms with Crippen molar-refractivity contribution in [1.29, 1.82) is 5.26 Å². The lowest BCUT2D eigenvalue weighted by Crippen LogP contribution is -2.51. The van der Waals surface area contributed by atoms with Gasteiger partial charge in [-0.25, -0.2) is 0 Å². The van der Waals surface area contributed by atoms with Crippen LogP contribution in [-0.2, 0) is 10.3 Å². The monoisotopic (exact) mass is 407 g/mol. The van der Waals surface area contributed by atoms with E-state index in [4.69, 9.17) is 4.52 Å². The van der Waals surface area contributed by atoms with Crippen LogP contribution in [0.15, 0.2) is 16.2 Å². The van der Waals surface area contributed by atoms with Gasteiger partial charge in [-0.15, -0.1) is 0 Å². The van der Waals surface area contributed by atoms with Crippen LogP contribution in [0.3, 0.4) is 0 Å². The molecule has 2 aromatic rings. The van der Waals surface area contributed by atoms with Crippen LogP contribution in [0.1, 0.15) is 86.1 Å². The summed E-state index contributed by atoms with van der Waals surface area (Å²) in [6.07, 6.45) is 10.4. The zero-order valence-electron chi connectivity index (χ0n) is 18.0. The molecule has 0 radical (unpaired) electrons. The van der Waals surface area contributed by atoms with E-state index in [2.05, 4.69) is 46.0 Å². The Morgan fingerprint density at radius 2 is 2.00 bits per heavy atom. The maximum absolute atomic E-state index is 13.0. The minimum atomic E-state index is -0.635. The van der Waals surface area contributed by atoms with Crippen molar-refractivity contribution in [1.82, 2.24) is 20.0 Å². The number of aromatic nitrogens is 3. The summed E-state index contributed by atoms with van der Waals surface area (Å²) >= 11 is 0. The lowest BCUT2D eigenvalue weighted by Gasteiger charge is -2.39. The molecule has 0 bridgehead atoms. The molecule has 2 saturated carbocycles. The summed E-state index contributed by atoms with van der Waals surface area (Å²) < 4.78 is 7.49. The Bertz CT molecular complexity index is 1010. The summed E-state index contributed by atoms with van der Waals surface area (Å²) in [7, 11) is 0. The first-order chi connectivity index (χ1) is 14.4. The highest BCUT2D eigenvalue weighted by molar-refractivity contribution is 6.02. The zero-order chi connectivity index (χ0) is 21.3. The van der Waals surface area contributed by atoms with E-state index in [9.17, 15) is 10.1 Å². The second-order valence-corrected chi connectivity index (χ2v) is 8.68. The molecule has 7 heteroatoms. The summed E-state index contributed by atoms with van der Waals surface area (Å²) in [5.41, 5.74) is 2.70. The number of hydrogen-bond donors (Lipinski definition) is 1. The van der Waals surface area contributed by atoms with Gasteiger partial charge in [0.1, 0.15) is 17.2 Å². The number of carbonyl (C=O) groups is 1. The Kier molecular flexibility index (Phi) is 5.50. The van der Waals surface area contributed by atoms with Gasteiger partial charge in [-0.1, -0.05) is 24.4 Å². The largest absolute Gasteiger partial charge is 0.346 e. The van der Waals surface area contributed by atoms with Crippen LogP contribution < -0.4 is 5.32 Å². The maximum Gasteiger partial charge on any atom is 0.262 e. The van der Waals surface area contributed by atoms with Crippen molar-refractivity contribution in [2.75, 3.05) is 0 Å². The van der Waals surface area contributed by atoms with Crippen molar-refractivity contribution in [3.8, 4) is 6.07 Å². The number of nitriles is 1. The average Bonchev–Trinajstić information content (AvgIpc) is 3.26. The minimum absolute atomic E-state index is 0.102. The van der Waals surface area contributed by atoms with Crippen LogP contribution >= 0.6 is 0 Å². The highest BCUT2D eigenvalue weighted by atomic mass is 16.5. The molecule has 2 aliphatic carbocycles. The third kappa shape index (κ3) is 3.67. The van der Waals surface area contributed by atoms with Gasteiger partial charge in [0.15, 0.2) is 5.82 Å². The van der Waals surface area contributed by atoms with Crippen LogP contribution in [-0.4, -0.2) is 20.6 Å². The number of aryl methyl sites for hydroxylation is 2. The van der Waals surface area contributed by atoms with Gasteiger partial charge in [-0.05, 0) is 63.7 Å². The fraction of sp³-hybridized carbons (Fsp3) is 0.565. The molecule has 2 heterocycles. The van der Waals surface area contributed by atoms with Gasteiger partial charge in [0, 0.05) is 24.4 Å². The summed E-state index contributed by atoms with van der Waals surface area (Å²) in [6.45, 7) is 5.91. The van der Waals surface area contributed by atoms with Crippen LogP contribution in [0.2, 0.25) is 0 Å². The standard InChI is InChI=1S/C23H29N5O2/c1-15-12-18(16(2)28(15)20-8-5-4-6-9-20)13-19(14-24)21(29)26-23(10-7-11-23)22-25-17(3)30-27-22/h12-13,20H,4-11H2,1-3H3,(H,26,29)/b19-13-. The van der Waals surface area contributed by atoms with Gasteiger partial charge in [0.05, 0.1) is 0 Å². The summed E-state index contributed by atoms with van der Waals surface area (Å²) in [5.74, 6) is 0.575. The predicted molar refractivity (Wildman–Crippen MR) is 112 cm³/mol. The molecule has 2 aliphatic rings. The minimum Gasteiger partial charge on any atom is -0.346 e. The quantitative estimate of drug-likeness (QED) is 0.585. The molecule has 7 nitrogen and oxygen atoms in total. The number of nitrogens with one attached hydrogen (secondary N) is 1. The molecule has 2 fully saturated rings. The molecule has 0 saturated heterocycles. The Balaban J connectivity index is 1.58. The second-order valence-electron chi connectivity index (χ2n) is 8.68. The molecular weight excluding hydrogens is 378 g/mol. The van der Waals surface area contributed by atoms with Crippen molar-refractivity contribution in [2.45, 2.75) is 83.7 Å². The average molecular weight is 408 g/mol. The van der Waals surface area contributed by atoms with E-state index in [1.165, 1.54) is 37.8 Å². The first-order valence-electron chi connectivity index (χ1n) is 10.9. The number of carbonyl (C=O) groups excluding carboxylic acids is 1. The lowest BCUT2D eigenvalue weighted by molar-refractivity contribution is -0.120. The molecule has 0 aliphatic heterocycles. The van der Waals surface area contributed by atoms with Crippen molar-refractivity contribution < 1.29 is 9.32 Å². The Morgan fingerprint density at radius 1 is 1.27 bits per heavy atom. The smallest absolute Gasteiger partial charge is 0.262 e. The maximum atomic E-state index is 13.0. The Hall–Kier alpha value is -2.88. The molecule has 0 spiro atoms. The van der Waals surface area contributed by atoms with Crippen LogP contribution in [0.4, 0.5) is 0 Å². The first-order valence-corrected chi connectivity index (χ1v) is 10.9. The molecule has 0 unspecified atom stereocenters. The van der Waals surface area contributed by atoms with Crippen LogP contribution in [0.5, 0.6) is 0 Å². The third-order valence-corrected chi connectivity index (χ3v) is 6.64. The molecule has 0 aromatic carbocycles. The van der Waals surface area contributed by atoms with Crippen molar-refractivity contribution in [3.05, 3.63) is 40.3 Å². The van der Waals surface area contributed by atoms with Gasteiger partial charge >= 0.3 is 0 Å². The SMILES string of the molecule is Cc1nc(C2(NC(=O)/C(C#N)=C\c3cc(C)n(C4CCCCC4)c3C)CCC2)no1. The van der Waals surface area contributed by atoms with Crippen molar-refractivity contribution in [3.63, 3.8) is 0 Å². The molecule has 158 valence electrons. The van der Waals surface area contributed by atoms with Crippen LogP contribution in [0.25, 0.3) is 6.08 Å². The fourth-order valence-electron chi connectivity index (χ4n) is 4.87. The fourth-order valence-corrected chi connectivity index (χ4v) is 4.87. The predicted octanol–water partition coefficient (Wildman–Crippen LogP) is 4.40. The van der Waals surface area contributed by atoms with Crippen molar-refractivity contribution in [2.24, 2.45) is 0 Å². The highest BCUT2D eigenvalue weighted by Crippen LogP contribution is 2.40. The number of hydrogen-bond acceptors (Lipinski definition) is 5. The second kappa shape index (κ2) is 8.10. The molecule has 2 aromatic heterocycles. The van der Waals surface area contributed by atoms with Crippen molar-refractivity contribution >= 4 is 12.0 Å². The van der Waals surface area contributed by atoms with Crippen LogP contribution in [0, 0.1) is 32.1 Å². The van der Waals surface area contributed by atoms with Gasteiger partial charge in [-0.3, -0.25) is 4.79 Å². The third-order valence-electron chi connectivity index (χ3n) is 6.64. The van der Waals surface area contributed by atoms with E-state index in [0.29, 0.717) is 17.8 Å². The highest BCUT2D eigenvalue weighted by Gasteiger charge is 2.44. The normalized spacial score (nSPS) is 19.2. The first kappa shape index (κ1) is 20.4. The lowest BCUT2D eigenvalue weighted by atomic mass is 9.76. The van der Waals surface area contributed by atoms with E-state index in [1.807, 2.05) is 0 Å². The number of rotatable bonds is 5. The van der Waals surface area contributed by atoms with E-state index in [1.54, 1.807) is 13.0 Å². The van der Waals surface area contributed by atoms with Gasteiger partial charge in [-0.2, -0.15) is 10.2 Å². The molecule has 30 heavy (non-hydrogen) atoms. The van der Waals surface area contributed by atoms with Gasteiger partial charge in [0.2, 0.25) is 5.89 Å². The molecule has 4 rings (SSSR count). The summed E-state index contributed by atoms with van der Waals surface area (Å²) in [4.78, 5) is 17.3. The van der Waals surface area contributed by atoms with Gasteiger partial charge < -0.3 is 14.4 Å². The van der Waals surface area contributed by atoms with E-state index in [0.717, 1.165) is 30.5 Å². The number of nitrogens with zero attached hydrogens (tertiary/aromatic N) is 4. The van der Waals surface area contributed by atoms with Gasteiger partial charge in [0.25, 0.3) is 5.91 Å². The number of amides is 1. The Morgan fingerprint density at radius 3 is 2.57 bits per heavy atom. The molecular formula is C23H29N5O2. The summed E-state index contributed by atoms with van der Waals surface area (Å²) in [5, 5.41) is 16.7. The Labute approximate surface area is 177 Å². The zero-order valence-corrected chi connectivity index (χ0v) is 18.0.